The second-order valence-electron chi connectivity index (χ2n) is 0.344. The number of hydrogen-bond acceptors (Lipinski definition) is 2. The zero-order valence-corrected chi connectivity index (χ0v) is 4.11. The third-order valence-corrected chi connectivity index (χ3v) is 0. The Balaban J connectivity index is -0.0000000575. The van der Waals surface area contributed by atoms with E-state index in [9.17, 15) is 12.9 Å². The van der Waals surface area contributed by atoms with E-state index in [-0.39, 0.29) is 18.9 Å². The minimum absolute atomic E-state index is 0. The molecular formula is CHBF3LiO2. The molecular weight excluding hydrogens is 119 g/mol. The number of hydrogen-bond donors (Lipinski definition) is 0. The van der Waals surface area contributed by atoms with Crippen molar-refractivity contribution in [3.8, 4) is 0 Å². The zero-order valence-electron chi connectivity index (χ0n) is 4.11. The molecule has 0 radical (unpaired) electrons. The molecule has 0 amide bonds. The third kappa shape index (κ3) is 23800. The van der Waals surface area contributed by atoms with Gasteiger partial charge in [0.25, 0.3) is 0 Å². The summed E-state index contributed by atoms with van der Waals surface area (Å²) >= 11 is 0. The Hall–Kier alpha value is -0.0777. The van der Waals surface area contributed by atoms with E-state index in [0.29, 0.717) is 0 Å². The van der Waals surface area contributed by atoms with Crippen LogP contribution in [-0.2, 0) is 4.79 Å². The van der Waals surface area contributed by atoms with Gasteiger partial charge in [0.1, 0.15) is 0 Å². The van der Waals surface area contributed by atoms with Gasteiger partial charge in [0.05, 0.1) is 0 Å². The largest absolute Gasteiger partial charge is 1.00 e. The average molecular weight is 120 g/mol. The Kier molecular flexibility index (Phi) is 30.9. The van der Waals surface area contributed by atoms with E-state index in [0.717, 1.165) is 0 Å². The third-order valence-electron chi connectivity index (χ3n) is 0. The average Bonchev–Trinajstić information content (AvgIpc) is 1.33. The van der Waals surface area contributed by atoms with Crippen LogP contribution >= 0.6 is 0 Å². The first-order valence-electron chi connectivity index (χ1n) is 1.13. The van der Waals surface area contributed by atoms with Crippen LogP contribution in [0.2, 0.25) is 0 Å². The summed E-state index contributed by atoms with van der Waals surface area (Å²) in [5, 5.41) is 8.25. The molecule has 0 saturated heterocycles. The van der Waals surface area contributed by atoms with Crippen molar-refractivity contribution in [2.75, 3.05) is 0 Å². The van der Waals surface area contributed by atoms with Crippen LogP contribution < -0.4 is 24.0 Å². The summed E-state index contributed by atoms with van der Waals surface area (Å²) in [5.74, 6) is 0. The van der Waals surface area contributed by atoms with Crippen molar-refractivity contribution in [1.82, 2.24) is 0 Å². The fourth-order valence-corrected chi connectivity index (χ4v) is 0. The standard InChI is InChI=1S/CH2O2.BF3.Li/c2-1-3;2-1(3)4;/h1H,(H,2,3);;/q;;+1/p-1. The molecule has 0 aromatic rings. The van der Waals surface area contributed by atoms with Crippen LogP contribution in [-0.4, -0.2) is 14.0 Å². The van der Waals surface area contributed by atoms with Crippen LogP contribution in [0.25, 0.3) is 0 Å². The van der Waals surface area contributed by atoms with E-state index in [1.807, 2.05) is 0 Å². The smallest absolute Gasteiger partial charge is 0.554 e. The molecule has 0 aliphatic rings. The summed E-state index contributed by atoms with van der Waals surface area (Å²) in [4.78, 5) is 8.25. The van der Waals surface area contributed by atoms with E-state index >= 15 is 0 Å². The van der Waals surface area contributed by atoms with Crippen LogP contribution in [0.3, 0.4) is 0 Å². The monoisotopic (exact) mass is 120 g/mol. The maximum atomic E-state index is 9.67. The predicted molar refractivity (Wildman–Crippen MR) is 15.1 cm³/mol. The van der Waals surface area contributed by atoms with Gasteiger partial charge in [0.2, 0.25) is 0 Å². The molecule has 0 aromatic carbocycles. The zero-order chi connectivity index (χ0) is 6.28. The van der Waals surface area contributed by atoms with Crippen LogP contribution in [0.4, 0.5) is 12.9 Å². The molecule has 0 aliphatic carbocycles. The molecule has 0 aromatic heterocycles. The van der Waals surface area contributed by atoms with Crippen LogP contribution in [0.15, 0.2) is 0 Å². The first-order chi connectivity index (χ1) is 3.15. The van der Waals surface area contributed by atoms with E-state index in [4.69, 9.17) is 9.90 Å². The van der Waals surface area contributed by atoms with Gasteiger partial charge in [0, 0.05) is 6.47 Å². The fourth-order valence-electron chi connectivity index (χ4n) is 0. The SMILES string of the molecule is FB(F)F.O=C[O-].[Li+]. The molecule has 0 unspecified atom stereocenters. The van der Waals surface area contributed by atoms with Crippen molar-refractivity contribution in [3.63, 3.8) is 0 Å². The number of carbonyl (C=O) groups is 1. The summed E-state index contributed by atoms with van der Waals surface area (Å²) in [7, 11) is -3.67. The summed E-state index contributed by atoms with van der Waals surface area (Å²) in [6.45, 7) is -0.500. The van der Waals surface area contributed by atoms with Gasteiger partial charge in [-0.2, -0.15) is 0 Å². The van der Waals surface area contributed by atoms with Crippen molar-refractivity contribution in [3.05, 3.63) is 0 Å². The summed E-state index contributed by atoms with van der Waals surface area (Å²) in [6.07, 6.45) is 0. The predicted octanol–water partition coefficient (Wildman–Crippen LogP) is -3.75. The van der Waals surface area contributed by atoms with Crippen molar-refractivity contribution in [2.24, 2.45) is 0 Å². The van der Waals surface area contributed by atoms with Gasteiger partial charge in [-0.05, 0) is 0 Å². The minimum Gasteiger partial charge on any atom is -0.554 e. The normalized spacial score (nSPS) is 4.88. The number of carboxylic acid groups (broad SMARTS) is 1. The summed E-state index contributed by atoms with van der Waals surface area (Å²) in [6, 6.07) is 0. The molecule has 0 saturated carbocycles. The second kappa shape index (κ2) is 15.8. The molecule has 8 heavy (non-hydrogen) atoms. The van der Waals surface area contributed by atoms with Gasteiger partial charge >= 0.3 is 26.4 Å². The van der Waals surface area contributed by atoms with Crippen LogP contribution in [0.1, 0.15) is 0 Å². The summed E-state index contributed by atoms with van der Waals surface area (Å²) in [5.41, 5.74) is 0. The molecule has 0 aliphatic heterocycles. The quantitative estimate of drug-likeness (QED) is 0.243. The van der Waals surface area contributed by atoms with E-state index < -0.39 is 14.0 Å². The van der Waals surface area contributed by atoms with Crippen LogP contribution in [0.5, 0.6) is 0 Å². The van der Waals surface area contributed by atoms with Gasteiger partial charge in [-0.25, -0.2) is 0 Å². The Morgan fingerprint density at radius 3 is 1.38 bits per heavy atom. The molecule has 0 rings (SSSR count). The topological polar surface area (TPSA) is 40.1 Å². The second-order valence-corrected chi connectivity index (χ2v) is 0.344. The molecule has 7 heteroatoms. The number of carbonyl (C=O) groups excluding carboxylic acids is 1. The summed E-state index contributed by atoms with van der Waals surface area (Å²) < 4.78 is 29.0. The minimum atomic E-state index is -3.67. The van der Waals surface area contributed by atoms with Crippen molar-refractivity contribution in [2.45, 2.75) is 0 Å². The molecule has 0 N–H and O–H groups in total. The van der Waals surface area contributed by atoms with Gasteiger partial charge < -0.3 is 9.90 Å². The van der Waals surface area contributed by atoms with Gasteiger partial charge in [-0.1, -0.05) is 0 Å². The molecule has 0 atom stereocenters. The maximum absolute atomic E-state index is 9.67. The Labute approximate surface area is 56.5 Å². The Morgan fingerprint density at radius 2 is 1.38 bits per heavy atom. The van der Waals surface area contributed by atoms with Crippen molar-refractivity contribution < 1.29 is 41.7 Å². The number of rotatable bonds is 0. The Morgan fingerprint density at radius 1 is 1.38 bits per heavy atom. The molecule has 2 nitrogen and oxygen atoms in total. The molecule has 0 heterocycles. The Bertz CT molecular complexity index is 41.5. The fraction of sp³-hybridized carbons (Fsp3) is 0. The molecule has 0 bridgehead atoms. The molecule has 42 valence electrons. The van der Waals surface area contributed by atoms with E-state index in [2.05, 4.69) is 0 Å². The maximum Gasteiger partial charge on any atom is 1.00 e. The first kappa shape index (κ1) is 15.7. The van der Waals surface area contributed by atoms with Gasteiger partial charge in [-0.3, -0.25) is 12.9 Å². The number of halogens is 3. The van der Waals surface area contributed by atoms with Crippen molar-refractivity contribution >= 4 is 14.0 Å². The molecule has 0 spiro atoms. The molecule has 0 fully saturated rings. The van der Waals surface area contributed by atoms with E-state index in [1.54, 1.807) is 0 Å². The van der Waals surface area contributed by atoms with E-state index in [1.165, 1.54) is 0 Å². The van der Waals surface area contributed by atoms with Gasteiger partial charge in [0.15, 0.2) is 0 Å². The first-order valence-corrected chi connectivity index (χ1v) is 1.13. The van der Waals surface area contributed by atoms with Gasteiger partial charge in [-0.15, -0.1) is 0 Å². The van der Waals surface area contributed by atoms with Crippen molar-refractivity contribution in [1.29, 1.82) is 0 Å². The van der Waals surface area contributed by atoms with Crippen LogP contribution in [0, 0.1) is 0 Å².